The molecule has 0 aromatic heterocycles. The molecule has 1 heterocycles. The van der Waals surface area contributed by atoms with Crippen molar-refractivity contribution in [3.8, 4) is 5.75 Å². The van der Waals surface area contributed by atoms with Crippen LogP contribution in [0.25, 0.3) is 6.08 Å². The minimum atomic E-state index is -0.134. The Morgan fingerprint density at radius 1 is 1.21 bits per heavy atom. The molecule has 1 N–H and O–H groups in total. The maximum Gasteiger partial charge on any atom is 0.266 e. The van der Waals surface area contributed by atoms with Crippen molar-refractivity contribution in [3.05, 3.63) is 64.6 Å². The molecule has 1 saturated heterocycles. The van der Waals surface area contributed by atoms with Gasteiger partial charge >= 0.3 is 0 Å². The lowest BCUT2D eigenvalue weighted by Crippen LogP contribution is -2.29. The number of nitrogens with zero attached hydrogens (tertiary/aromatic N) is 1. The lowest BCUT2D eigenvalue weighted by atomic mass is 10.2. The summed E-state index contributed by atoms with van der Waals surface area (Å²) in [6.45, 7) is 2.36. The predicted octanol–water partition coefficient (Wildman–Crippen LogP) is 4.62. The first-order chi connectivity index (χ1) is 14.0. The molecule has 0 saturated carbocycles. The molecule has 2 aromatic rings. The minimum absolute atomic E-state index is 0.0747. The first kappa shape index (κ1) is 21.1. The van der Waals surface area contributed by atoms with E-state index in [9.17, 15) is 9.59 Å². The van der Waals surface area contributed by atoms with Crippen molar-refractivity contribution in [2.75, 3.05) is 19.0 Å². The summed E-state index contributed by atoms with van der Waals surface area (Å²) in [6.07, 6.45) is 2.64. The zero-order valence-electron chi connectivity index (χ0n) is 16.3. The van der Waals surface area contributed by atoms with E-state index in [4.69, 9.17) is 17.0 Å². The number of rotatable bonds is 7. The maximum absolute atomic E-state index is 12.7. The molecule has 0 aliphatic carbocycles. The molecular formula is C22H22N2O3S2. The topological polar surface area (TPSA) is 58.6 Å². The van der Waals surface area contributed by atoms with Crippen LogP contribution in [0, 0.1) is 6.92 Å². The third kappa shape index (κ3) is 5.25. The van der Waals surface area contributed by atoms with Crippen molar-refractivity contribution in [2.24, 2.45) is 0 Å². The summed E-state index contributed by atoms with van der Waals surface area (Å²) in [5, 5.41) is 2.91. The van der Waals surface area contributed by atoms with Crippen LogP contribution in [0.4, 0.5) is 5.69 Å². The van der Waals surface area contributed by atoms with E-state index in [0.29, 0.717) is 34.4 Å². The second-order valence-electron chi connectivity index (χ2n) is 6.54. The number of thiocarbonyl (C=S) groups is 1. The van der Waals surface area contributed by atoms with E-state index >= 15 is 0 Å². The summed E-state index contributed by atoms with van der Waals surface area (Å²) >= 11 is 6.64. The van der Waals surface area contributed by atoms with Gasteiger partial charge in [0.1, 0.15) is 10.1 Å². The molecule has 2 aromatic carbocycles. The molecule has 1 aliphatic rings. The average Bonchev–Trinajstić information content (AvgIpc) is 2.97. The predicted molar refractivity (Wildman–Crippen MR) is 122 cm³/mol. The number of aryl methyl sites for hydroxylation is 1. The second-order valence-corrected chi connectivity index (χ2v) is 8.22. The molecule has 7 heteroatoms. The molecular weight excluding hydrogens is 404 g/mol. The number of methoxy groups -OCH3 is 1. The van der Waals surface area contributed by atoms with E-state index in [1.165, 1.54) is 11.8 Å². The van der Waals surface area contributed by atoms with Gasteiger partial charge in [0.2, 0.25) is 5.91 Å². The highest BCUT2D eigenvalue weighted by atomic mass is 32.2. The highest BCUT2D eigenvalue weighted by molar-refractivity contribution is 8.26. The summed E-state index contributed by atoms with van der Waals surface area (Å²) in [6, 6.07) is 15.1. The molecule has 0 spiro atoms. The molecule has 0 atom stereocenters. The monoisotopic (exact) mass is 426 g/mol. The van der Waals surface area contributed by atoms with Crippen LogP contribution in [0.3, 0.4) is 0 Å². The van der Waals surface area contributed by atoms with Crippen molar-refractivity contribution in [2.45, 2.75) is 19.8 Å². The fraction of sp³-hybridized carbons (Fsp3) is 0.227. The molecule has 150 valence electrons. The first-order valence-electron chi connectivity index (χ1n) is 9.23. The largest absolute Gasteiger partial charge is 0.496 e. The summed E-state index contributed by atoms with van der Waals surface area (Å²) in [5.74, 6) is 0.491. The van der Waals surface area contributed by atoms with Crippen molar-refractivity contribution in [1.29, 1.82) is 0 Å². The Morgan fingerprint density at radius 3 is 2.69 bits per heavy atom. The van der Waals surface area contributed by atoms with E-state index in [1.54, 1.807) is 18.1 Å². The number of para-hydroxylation sites is 2. The quantitative estimate of drug-likeness (QED) is 0.517. The summed E-state index contributed by atoms with van der Waals surface area (Å²) in [4.78, 5) is 27.1. The van der Waals surface area contributed by atoms with Gasteiger partial charge in [-0.05, 0) is 37.1 Å². The number of benzene rings is 2. The van der Waals surface area contributed by atoms with Crippen LogP contribution in [-0.2, 0) is 9.59 Å². The Morgan fingerprint density at radius 2 is 1.93 bits per heavy atom. The SMILES string of the molecule is COc1ccccc1/C=C1\SC(=S)N(CCCC(=O)Nc2ccccc2C)C1=O. The van der Waals surface area contributed by atoms with Crippen molar-refractivity contribution in [1.82, 2.24) is 4.90 Å². The number of hydrogen-bond donors (Lipinski definition) is 1. The van der Waals surface area contributed by atoms with Gasteiger partial charge in [0.05, 0.1) is 12.0 Å². The van der Waals surface area contributed by atoms with E-state index in [1.807, 2.05) is 55.5 Å². The molecule has 2 amide bonds. The smallest absolute Gasteiger partial charge is 0.266 e. The number of hydrogen-bond acceptors (Lipinski definition) is 5. The molecule has 5 nitrogen and oxygen atoms in total. The number of ether oxygens (including phenoxy) is 1. The summed E-state index contributed by atoms with van der Waals surface area (Å²) in [5.41, 5.74) is 2.65. The van der Waals surface area contributed by atoms with Gasteiger partial charge in [0.15, 0.2) is 0 Å². The molecule has 0 unspecified atom stereocenters. The van der Waals surface area contributed by atoms with Crippen LogP contribution in [0.5, 0.6) is 5.75 Å². The Balaban J connectivity index is 1.57. The van der Waals surface area contributed by atoms with E-state index in [-0.39, 0.29) is 11.8 Å². The number of amides is 2. The van der Waals surface area contributed by atoms with Gasteiger partial charge in [-0.25, -0.2) is 0 Å². The number of carbonyl (C=O) groups excluding carboxylic acids is 2. The molecule has 29 heavy (non-hydrogen) atoms. The third-order valence-corrected chi connectivity index (χ3v) is 5.88. The van der Waals surface area contributed by atoms with E-state index in [0.717, 1.165) is 16.8 Å². The van der Waals surface area contributed by atoms with Crippen LogP contribution in [0.1, 0.15) is 24.0 Å². The maximum atomic E-state index is 12.7. The van der Waals surface area contributed by atoms with Crippen molar-refractivity contribution >= 4 is 51.9 Å². The van der Waals surface area contributed by atoms with Gasteiger partial charge in [0, 0.05) is 24.2 Å². The lowest BCUT2D eigenvalue weighted by Gasteiger charge is -2.14. The molecule has 1 fully saturated rings. The summed E-state index contributed by atoms with van der Waals surface area (Å²) < 4.78 is 5.85. The highest BCUT2D eigenvalue weighted by Gasteiger charge is 2.31. The zero-order chi connectivity index (χ0) is 20.8. The van der Waals surface area contributed by atoms with Gasteiger partial charge in [-0.1, -0.05) is 60.4 Å². The average molecular weight is 427 g/mol. The van der Waals surface area contributed by atoms with Crippen LogP contribution >= 0.6 is 24.0 Å². The summed E-state index contributed by atoms with van der Waals surface area (Å²) in [7, 11) is 1.60. The van der Waals surface area contributed by atoms with Gasteiger partial charge in [-0.15, -0.1) is 0 Å². The first-order valence-corrected chi connectivity index (χ1v) is 10.5. The fourth-order valence-electron chi connectivity index (χ4n) is 2.94. The van der Waals surface area contributed by atoms with Gasteiger partial charge in [-0.2, -0.15) is 0 Å². The fourth-order valence-corrected chi connectivity index (χ4v) is 4.24. The Bertz CT molecular complexity index is 972. The van der Waals surface area contributed by atoms with E-state index < -0.39 is 0 Å². The minimum Gasteiger partial charge on any atom is -0.496 e. The van der Waals surface area contributed by atoms with Crippen molar-refractivity contribution in [3.63, 3.8) is 0 Å². The highest BCUT2D eigenvalue weighted by Crippen LogP contribution is 2.34. The zero-order valence-corrected chi connectivity index (χ0v) is 17.9. The number of anilines is 1. The lowest BCUT2D eigenvalue weighted by molar-refractivity contribution is -0.122. The van der Waals surface area contributed by atoms with Crippen LogP contribution in [0.15, 0.2) is 53.4 Å². The Hall–Kier alpha value is -2.64. The standard InChI is InChI=1S/C22H22N2O3S2/c1-15-8-3-5-10-17(15)23-20(25)12-7-13-24-21(26)19(29-22(24)28)14-16-9-4-6-11-18(16)27-2/h3-6,8-11,14H,7,12-13H2,1-2H3,(H,23,25)/b19-14-. The van der Waals surface area contributed by atoms with Crippen LogP contribution < -0.4 is 10.1 Å². The number of thioether (sulfide) groups is 1. The van der Waals surface area contributed by atoms with Gasteiger partial charge in [-0.3, -0.25) is 14.5 Å². The molecule has 0 bridgehead atoms. The number of carbonyl (C=O) groups is 2. The molecule has 1 aliphatic heterocycles. The Labute approximate surface area is 180 Å². The van der Waals surface area contributed by atoms with Crippen molar-refractivity contribution < 1.29 is 14.3 Å². The third-order valence-electron chi connectivity index (χ3n) is 4.50. The van der Waals surface area contributed by atoms with Gasteiger partial charge < -0.3 is 10.1 Å². The second kappa shape index (κ2) is 9.71. The normalized spacial score (nSPS) is 15.1. The van der Waals surface area contributed by atoms with Gasteiger partial charge in [0.25, 0.3) is 5.91 Å². The Kier molecular flexibility index (Phi) is 7.06. The van der Waals surface area contributed by atoms with E-state index in [2.05, 4.69) is 5.32 Å². The number of nitrogens with one attached hydrogen (secondary N) is 1. The molecule has 0 radical (unpaired) electrons. The van der Waals surface area contributed by atoms with Crippen LogP contribution in [0.2, 0.25) is 0 Å². The molecule has 3 rings (SSSR count). The van der Waals surface area contributed by atoms with Crippen LogP contribution in [-0.4, -0.2) is 34.7 Å².